The first-order valence-electron chi connectivity index (χ1n) is 12.1. The van der Waals surface area contributed by atoms with Gasteiger partial charge in [0.15, 0.2) is 5.65 Å². The molecule has 1 fully saturated rings. The van der Waals surface area contributed by atoms with Crippen LogP contribution < -0.4 is 10.6 Å². The molecule has 8 nitrogen and oxygen atoms in total. The number of benzene rings is 2. The van der Waals surface area contributed by atoms with E-state index in [0.717, 1.165) is 40.9 Å². The van der Waals surface area contributed by atoms with Crippen molar-refractivity contribution in [3.63, 3.8) is 0 Å². The maximum atomic E-state index is 13.1. The summed E-state index contributed by atoms with van der Waals surface area (Å²) in [5.74, 6) is 0.950. The van der Waals surface area contributed by atoms with Gasteiger partial charge in [-0.15, -0.1) is 0 Å². The molecule has 2 N–H and O–H groups in total. The van der Waals surface area contributed by atoms with Gasteiger partial charge in [0.2, 0.25) is 5.91 Å². The first-order chi connectivity index (χ1) is 17.9. The highest BCUT2D eigenvalue weighted by molar-refractivity contribution is 9.10. The second-order valence-corrected chi connectivity index (χ2v) is 10.4. The molecule has 1 unspecified atom stereocenters. The number of rotatable bonds is 6. The summed E-state index contributed by atoms with van der Waals surface area (Å²) >= 11 is 10.00. The molecule has 0 bridgehead atoms. The van der Waals surface area contributed by atoms with Gasteiger partial charge in [0, 0.05) is 54.5 Å². The lowest BCUT2D eigenvalue weighted by molar-refractivity contribution is -0.114. The van der Waals surface area contributed by atoms with E-state index >= 15 is 0 Å². The summed E-state index contributed by atoms with van der Waals surface area (Å²) in [6, 6.07) is 16.6. The van der Waals surface area contributed by atoms with Gasteiger partial charge in [-0.05, 0) is 65.0 Å². The van der Waals surface area contributed by atoms with Crippen LogP contribution in [-0.2, 0) is 4.79 Å². The Morgan fingerprint density at radius 2 is 1.95 bits per heavy atom. The van der Waals surface area contributed by atoms with Crippen LogP contribution in [0, 0.1) is 5.92 Å². The average Bonchev–Trinajstić information content (AvgIpc) is 3.28. The second kappa shape index (κ2) is 10.9. The number of hydrogen-bond donors (Lipinski definition) is 2. The fraction of sp³-hybridized carbons (Fsp3) is 0.259. The van der Waals surface area contributed by atoms with Crippen LogP contribution in [0.5, 0.6) is 0 Å². The van der Waals surface area contributed by atoms with Gasteiger partial charge in [-0.25, -0.2) is 4.98 Å². The van der Waals surface area contributed by atoms with E-state index in [1.54, 1.807) is 35.0 Å². The van der Waals surface area contributed by atoms with Crippen molar-refractivity contribution in [3.8, 4) is 11.3 Å². The first-order valence-corrected chi connectivity index (χ1v) is 13.3. The van der Waals surface area contributed by atoms with Gasteiger partial charge in [-0.1, -0.05) is 29.8 Å². The third-order valence-corrected chi connectivity index (χ3v) is 7.30. The quantitative estimate of drug-likeness (QED) is 0.303. The van der Waals surface area contributed by atoms with Gasteiger partial charge in [0.1, 0.15) is 5.82 Å². The van der Waals surface area contributed by atoms with Crippen LogP contribution in [0.25, 0.3) is 16.9 Å². The largest absolute Gasteiger partial charge is 0.370 e. The van der Waals surface area contributed by atoms with Gasteiger partial charge < -0.3 is 15.5 Å². The minimum absolute atomic E-state index is 0.00221. The predicted octanol–water partition coefficient (Wildman–Crippen LogP) is 5.73. The minimum Gasteiger partial charge on any atom is -0.370 e. The van der Waals surface area contributed by atoms with Crippen LogP contribution in [0.3, 0.4) is 0 Å². The molecule has 1 atom stereocenters. The Balaban J connectivity index is 1.30. The number of fused-ring (bicyclic) bond motifs is 1. The predicted molar refractivity (Wildman–Crippen MR) is 149 cm³/mol. The Bertz CT molecular complexity index is 1460. The fourth-order valence-electron chi connectivity index (χ4n) is 4.62. The van der Waals surface area contributed by atoms with E-state index in [9.17, 15) is 9.59 Å². The number of aromatic nitrogens is 3. The standard InChI is InChI=1S/C27H26BrClN6O2/c1-17(36)32-20-10-8-19(9-11-20)27(37)34-12-4-5-18(16-34)14-30-25-13-24(21-6-2-3-7-23(21)29)33-26-22(28)15-31-35(25)26/h2-3,6-11,13,15,18,30H,4-5,12,14,16H2,1H3,(H,32,36). The number of nitrogens with one attached hydrogen (secondary N) is 2. The van der Waals surface area contributed by atoms with Crippen LogP contribution in [0.15, 0.2) is 65.3 Å². The summed E-state index contributed by atoms with van der Waals surface area (Å²) < 4.78 is 2.57. The molecule has 0 saturated carbocycles. The summed E-state index contributed by atoms with van der Waals surface area (Å²) in [7, 11) is 0. The summed E-state index contributed by atoms with van der Waals surface area (Å²) in [6.07, 6.45) is 3.68. The monoisotopic (exact) mass is 580 g/mol. The van der Waals surface area contributed by atoms with Crippen molar-refractivity contribution in [1.29, 1.82) is 0 Å². The van der Waals surface area contributed by atoms with Gasteiger partial charge in [0.05, 0.1) is 16.4 Å². The normalized spacial score (nSPS) is 15.5. The molecule has 3 heterocycles. The highest BCUT2D eigenvalue weighted by Gasteiger charge is 2.25. The molecular weight excluding hydrogens is 556 g/mol. The van der Waals surface area contributed by atoms with E-state index in [4.69, 9.17) is 16.6 Å². The third-order valence-electron chi connectivity index (χ3n) is 6.41. The van der Waals surface area contributed by atoms with Crippen molar-refractivity contribution in [3.05, 3.63) is 75.9 Å². The van der Waals surface area contributed by atoms with Gasteiger partial charge in [-0.2, -0.15) is 9.61 Å². The lowest BCUT2D eigenvalue weighted by Gasteiger charge is -2.33. The van der Waals surface area contributed by atoms with Crippen LogP contribution >= 0.6 is 27.5 Å². The van der Waals surface area contributed by atoms with Crippen molar-refractivity contribution in [1.82, 2.24) is 19.5 Å². The van der Waals surface area contributed by atoms with E-state index in [-0.39, 0.29) is 17.7 Å². The maximum absolute atomic E-state index is 13.1. The number of piperidine rings is 1. The SMILES string of the molecule is CC(=O)Nc1ccc(C(=O)N2CCCC(CNc3cc(-c4ccccc4Cl)nc4c(Br)cnn34)C2)cc1. The molecule has 190 valence electrons. The number of carbonyl (C=O) groups is 2. The molecule has 2 amide bonds. The zero-order chi connectivity index (χ0) is 25.9. The van der Waals surface area contributed by atoms with E-state index in [1.165, 1.54) is 6.92 Å². The van der Waals surface area contributed by atoms with E-state index in [0.29, 0.717) is 35.0 Å². The molecule has 37 heavy (non-hydrogen) atoms. The number of carbonyl (C=O) groups excluding carboxylic acids is 2. The zero-order valence-electron chi connectivity index (χ0n) is 20.2. The van der Waals surface area contributed by atoms with Crippen LogP contribution in [-0.4, -0.2) is 50.9 Å². The fourth-order valence-corrected chi connectivity index (χ4v) is 5.20. The Morgan fingerprint density at radius 1 is 1.16 bits per heavy atom. The lowest BCUT2D eigenvalue weighted by Crippen LogP contribution is -2.41. The van der Waals surface area contributed by atoms with Crippen LogP contribution in [0.1, 0.15) is 30.1 Å². The summed E-state index contributed by atoms with van der Waals surface area (Å²) in [4.78, 5) is 31.1. The van der Waals surface area contributed by atoms with E-state index < -0.39 is 0 Å². The maximum Gasteiger partial charge on any atom is 0.253 e. The molecule has 1 saturated heterocycles. The smallest absolute Gasteiger partial charge is 0.253 e. The Morgan fingerprint density at radius 3 is 2.70 bits per heavy atom. The molecule has 0 aliphatic carbocycles. The van der Waals surface area contributed by atoms with Crippen molar-refractivity contribution in [2.24, 2.45) is 5.92 Å². The van der Waals surface area contributed by atoms with Crippen LogP contribution in [0.2, 0.25) is 5.02 Å². The highest BCUT2D eigenvalue weighted by atomic mass is 79.9. The summed E-state index contributed by atoms with van der Waals surface area (Å²) in [6.45, 7) is 3.53. The molecule has 0 radical (unpaired) electrons. The third kappa shape index (κ3) is 5.62. The van der Waals surface area contributed by atoms with Gasteiger partial charge >= 0.3 is 0 Å². The van der Waals surface area contributed by atoms with Crippen molar-refractivity contribution >= 4 is 56.5 Å². The molecule has 0 spiro atoms. The molecule has 10 heteroatoms. The number of anilines is 2. The Kier molecular flexibility index (Phi) is 7.43. The lowest BCUT2D eigenvalue weighted by atomic mass is 9.97. The van der Waals surface area contributed by atoms with Crippen molar-refractivity contribution < 1.29 is 9.59 Å². The first kappa shape index (κ1) is 25.2. The van der Waals surface area contributed by atoms with Gasteiger partial charge in [-0.3, -0.25) is 9.59 Å². The number of likely N-dealkylation sites (tertiary alicyclic amines) is 1. The summed E-state index contributed by atoms with van der Waals surface area (Å²) in [5, 5.41) is 11.4. The molecule has 5 rings (SSSR count). The molecule has 4 aromatic rings. The van der Waals surface area contributed by atoms with E-state index in [2.05, 4.69) is 31.7 Å². The van der Waals surface area contributed by atoms with Crippen LogP contribution in [0.4, 0.5) is 11.5 Å². The highest BCUT2D eigenvalue weighted by Crippen LogP contribution is 2.30. The average molecular weight is 582 g/mol. The topological polar surface area (TPSA) is 91.6 Å². The zero-order valence-corrected chi connectivity index (χ0v) is 22.6. The number of amides is 2. The second-order valence-electron chi connectivity index (χ2n) is 9.13. The van der Waals surface area contributed by atoms with E-state index in [1.807, 2.05) is 35.2 Å². The van der Waals surface area contributed by atoms with Crippen molar-refractivity contribution in [2.75, 3.05) is 30.3 Å². The van der Waals surface area contributed by atoms with Gasteiger partial charge in [0.25, 0.3) is 5.91 Å². The molecular formula is C27H26BrClN6O2. The summed E-state index contributed by atoms with van der Waals surface area (Å²) in [5.41, 5.74) is 3.59. The molecule has 1 aliphatic rings. The minimum atomic E-state index is -0.140. The number of halogens is 2. The Hall–Kier alpha value is -3.43. The number of nitrogens with zero attached hydrogens (tertiary/aromatic N) is 4. The Labute approximate surface area is 228 Å². The molecule has 2 aromatic heterocycles. The molecule has 2 aromatic carbocycles. The number of hydrogen-bond acceptors (Lipinski definition) is 5. The molecule has 1 aliphatic heterocycles. The van der Waals surface area contributed by atoms with Crippen molar-refractivity contribution in [2.45, 2.75) is 19.8 Å².